The van der Waals surface area contributed by atoms with Gasteiger partial charge in [-0.3, -0.25) is 9.69 Å². The van der Waals surface area contributed by atoms with Crippen LogP contribution >= 0.6 is 0 Å². The zero-order chi connectivity index (χ0) is 26.2. The number of likely N-dealkylation sites (tertiary alicyclic amines) is 1. The first-order valence-electron chi connectivity index (χ1n) is 13.8. The van der Waals surface area contributed by atoms with Gasteiger partial charge in [-0.25, -0.2) is 4.98 Å². The SMILES string of the molecule is Cc1c(CN2CCCC(C(=O)NCC(Cc3ccccc3)Cn3ccnc3)C2)cccc1-c1ccccc1. The van der Waals surface area contributed by atoms with E-state index >= 15 is 0 Å². The second kappa shape index (κ2) is 12.7. The maximum absolute atomic E-state index is 13.3. The Morgan fingerprint density at radius 2 is 1.82 bits per heavy atom. The quantitative estimate of drug-likeness (QED) is 0.298. The van der Waals surface area contributed by atoms with E-state index in [0.717, 1.165) is 45.4 Å². The number of rotatable bonds is 10. The highest BCUT2D eigenvalue weighted by atomic mass is 16.1. The number of amides is 1. The van der Waals surface area contributed by atoms with Crippen LogP contribution in [-0.4, -0.2) is 40.0 Å². The predicted octanol–water partition coefficient (Wildman–Crippen LogP) is 5.75. The molecule has 0 saturated carbocycles. The van der Waals surface area contributed by atoms with E-state index in [1.807, 2.05) is 24.8 Å². The van der Waals surface area contributed by atoms with E-state index in [0.29, 0.717) is 12.5 Å². The number of hydrogen-bond donors (Lipinski definition) is 1. The molecule has 1 aliphatic rings. The Morgan fingerprint density at radius 3 is 2.58 bits per heavy atom. The summed E-state index contributed by atoms with van der Waals surface area (Å²) >= 11 is 0. The Balaban J connectivity index is 1.19. The molecule has 2 unspecified atom stereocenters. The summed E-state index contributed by atoms with van der Waals surface area (Å²) in [5, 5.41) is 3.31. The first kappa shape index (κ1) is 25.9. The largest absolute Gasteiger partial charge is 0.355 e. The molecule has 5 rings (SSSR count). The number of benzene rings is 3. The van der Waals surface area contributed by atoms with Crippen molar-refractivity contribution in [3.63, 3.8) is 0 Å². The number of carbonyl (C=O) groups excluding carboxylic acids is 1. The highest BCUT2D eigenvalue weighted by Crippen LogP contribution is 2.27. The predicted molar refractivity (Wildman–Crippen MR) is 153 cm³/mol. The highest BCUT2D eigenvalue weighted by molar-refractivity contribution is 5.79. The van der Waals surface area contributed by atoms with Crippen molar-refractivity contribution < 1.29 is 4.79 Å². The number of hydrogen-bond acceptors (Lipinski definition) is 3. The molecule has 2 heterocycles. The summed E-state index contributed by atoms with van der Waals surface area (Å²) in [4.78, 5) is 20.0. The Morgan fingerprint density at radius 1 is 1.03 bits per heavy atom. The van der Waals surface area contributed by atoms with E-state index in [9.17, 15) is 4.79 Å². The summed E-state index contributed by atoms with van der Waals surface area (Å²) in [6, 6.07) is 27.7. The first-order valence-corrected chi connectivity index (χ1v) is 13.8. The molecule has 5 nitrogen and oxygen atoms in total. The molecule has 0 bridgehead atoms. The molecule has 1 aliphatic heterocycles. The fourth-order valence-electron chi connectivity index (χ4n) is 5.67. The van der Waals surface area contributed by atoms with Gasteiger partial charge in [-0.2, -0.15) is 0 Å². The van der Waals surface area contributed by atoms with Crippen LogP contribution < -0.4 is 5.32 Å². The summed E-state index contributed by atoms with van der Waals surface area (Å²) in [6.07, 6.45) is 8.59. The van der Waals surface area contributed by atoms with Gasteiger partial charge in [0.05, 0.1) is 12.2 Å². The zero-order valence-electron chi connectivity index (χ0n) is 22.3. The van der Waals surface area contributed by atoms with E-state index in [4.69, 9.17) is 0 Å². The number of aromatic nitrogens is 2. The number of carbonyl (C=O) groups is 1. The van der Waals surface area contributed by atoms with Gasteiger partial charge < -0.3 is 9.88 Å². The summed E-state index contributed by atoms with van der Waals surface area (Å²) in [5.74, 6) is 0.527. The summed E-state index contributed by atoms with van der Waals surface area (Å²) in [5.41, 5.74) is 6.51. The van der Waals surface area contributed by atoms with Crippen LogP contribution in [-0.2, 0) is 24.3 Å². The molecule has 4 aromatic rings. The molecule has 1 N–H and O–H groups in total. The van der Waals surface area contributed by atoms with E-state index in [2.05, 4.69) is 99.5 Å². The van der Waals surface area contributed by atoms with E-state index in [1.54, 1.807) is 0 Å². The van der Waals surface area contributed by atoms with Crippen molar-refractivity contribution >= 4 is 5.91 Å². The van der Waals surface area contributed by atoms with Crippen LogP contribution in [0.5, 0.6) is 0 Å². The molecule has 1 fully saturated rings. The van der Waals surface area contributed by atoms with Crippen LogP contribution in [0.2, 0.25) is 0 Å². The lowest BCUT2D eigenvalue weighted by atomic mass is 9.93. The number of nitrogens with zero attached hydrogens (tertiary/aromatic N) is 3. The fraction of sp³-hybridized carbons (Fsp3) is 0.333. The van der Waals surface area contributed by atoms with Gasteiger partial charge in [-0.1, -0.05) is 78.9 Å². The van der Waals surface area contributed by atoms with Gasteiger partial charge in [0.25, 0.3) is 0 Å². The van der Waals surface area contributed by atoms with Crippen molar-refractivity contribution in [3.05, 3.63) is 114 Å². The third-order valence-electron chi connectivity index (χ3n) is 7.76. The highest BCUT2D eigenvalue weighted by Gasteiger charge is 2.26. The van der Waals surface area contributed by atoms with Crippen molar-refractivity contribution in [2.24, 2.45) is 11.8 Å². The van der Waals surface area contributed by atoms with Crippen LogP contribution in [0.3, 0.4) is 0 Å². The van der Waals surface area contributed by atoms with Crippen molar-refractivity contribution in [2.45, 2.75) is 39.3 Å². The minimum absolute atomic E-state index is 0.0342. The standard InChI is InChI=1S/C33H38N4O/c1-26-30(14-8-16-32(26)29-12-6-3-7-13-29)23-36-18-9-15-31(24-36)33(38)35-21-28(22-37-19-17-34-25-37)20-27-10-4-2-5-11-27/h2-8,10-14,16-17,19,25,28,31H,9,15,18,20-24H2,1H3,(H,35,38). The Kier molecular flexibility index (Phi) is 8.67. The molecule has 196 valence electrons. The Labute approximate surface area is 226 Å². The Hall–Kier alpha value is -3.70. The van der Waals surface area contributed by atoms with Gasteiger partial charge in [0.2, 0.25) is 5.91 Å². The second-order valence-electron chi connectivity index (χ2n) is 10.6. The minimum Gasteiger partial charge on any atom is -0.355 e. The molecule has 0 aliphatic carbocycles. The molecule has 1 amide bonds. The van der Waals surface area contributed by atoms with Crippen molar-refractivity contribution in [1.82, 2.24) is 19.8 Å². The van der Waals surface area contributed by atoms with Crippen LogP contribution in [0.25, 0.3) is 11.1 Å². The average Bonchev–Trinajstić information content (AvgIpc) is 3.47. The maximum atomic E-state index is 13.3. The van der Waals surface area contributed by atoms with Crippen LogP contribution in [0.15, 0.2) is 97.6 Å². The van der Waals surface area contributed by atoms with E-state index < -0.39 is 0 Å². The molecule has 1 aromatic heterocycles. The molecule has 0 radical (unpaired) electrons. The van der Waals surface area contributed by atoms with Gasteiger partial charge in [0, 0.05) is 38.6 Å². The van der Waals surface area contributed by atoms with Gasteiger partial charge in [-0.05, 0) is 66.5 Å². The molecule has 2 atom stereocenters. The second-order valence-corrected chi connectivity index (χ2v) is 10.6. The lowest BCUT2D eigenvalue weighted by Crippen LogP contribution is -2.44. The number of imidazole rings is 1. The topological polar surface area (TPSA) is 50.2 Å². The summed E-state index contributed by atoms with van der Waals surface area (Å²) in [7, 11) is 0. The van der Waals surface area contributed by atoms with E-state index in [1.165, 1.54) is 27.8 Å². The van der Waals surface area contributed by atoms with Crippen LogP contribution in [0, 0.1) is 18.8 Å². The van der Waals surface area contributed by atoms with Crippen LogP contribution in [0.4, 0.5) is 0 Å². The normalized spacial score (nSPS) is 16.7. The smallest absolute Gasteiger partial charge is 0.224 e. The maximum Gasteiger partial charge on any atom is 0.224 e. The third kappa shape index (κ3) is 6.78. The van der Waals surface area contributed by atoms with Crippen molar-refractivity contribution in [1.29, 1.82) is 0 Å². The van der Waals surface area contributed by atoms with Gasteiger partial charge in [0.15, 0.2) is 0 Å². The zero-order valence-corrected chi connectivity index (χ0v) is 22.3. The minimum atomic E-state index is 0.0342. The van der Waals surface area contributed by atoms with Crippen molar-refractivity contribution in [3.8, 4) is 11.1 Å². The molecule has 0 spiro atoms. The summed E-state index contributed by atoms with van der Waals surface area (Å²) < 4.78 is 2.11. The van der Waals surface area contributed by atoms with E-state index in [-0.39, 0.29) is 11.8 Å². The number of piperidine rings is 1. The molecular weight excluding hydrogens is 468 g/mol. The lowest BCUT2D eigenvalue weighted by Gasteiger charge is -2.33. The van der Waals surface area contributed by atoms with Gasteiger partial charge in [0.1, 0.15) is 0 Å². The molecule has 5 heteroatoms. The van der Waals surface area contributed by atoms with Crippen LogP contribution in [0.1, 0.15) is 29.5 Å². The summed E-state index contributed by atoms with van der Waals surface area (Å²) in [6.45, 7) is 6.46. The first-order chi connectivity index (χ1) is 18.7. The van der Waals surface area contributed by atoms with Gasteiger partial charge >= 0.3 is 0 Å². The Bertz CT molecular complexity index is 1290. The molecular formula is C33H38N4O. The lowest BCUT2D eigenvalue weighted by molar-refractivity contribution is -0.127. The molecule has 1 saturated heterocycles. The monoisotopic (exact) mass is 506 g/mol. The number of nitrogens with one attached hydrogen (secondary N) is 1. The van der Waals surface area contributed by atoms with Gasteiger partial charge in [-0.15, -0.1) is 0 Å². The fourth-order valence-corrected chi connectivity index (χ4v) is 5.67. The third-order valence-corrected chi connectivity index (χ3v) is 7.76. The van der Waals surface area contributed by atoms with Crippen molar-refractivity contribution in [2.75, 3.05) is 19.6 Å². The molecule has 3 aromatic carbocycles. The molecule has 38 heavy (non-hydrogen) atoms. The average molecular weight is 507 g/mol.